The van der Waals surface area contributed by atoms with Crippen molar-refractivity contribution < 1.29 is 34.1 Å². The topological polar surface area (TPSA) is 173 Å². The van der Waals surface area contributed by atoms with Gasteiger partial charge in [0.1, 0.15) is 17.7 Å². The number of amides is 5. The Morgan fingerprint density at radius 1 is 0.772 bits per heavy atom. The van der Waals surface area contributed by atoms with Crippen molar-refractivity contribution in [2.75, 3.05) is 20.2 Å². The van der Waals surface area contributed by atoms with Crippen LogP contribution in [0, 0.1) is 10.8 Å². The number of nitrogens with one attached hydrogen (secondary N) is 3. The second-order valence-electron chi connectivity index (χ2n) is 17.7. The molecule has 5 amide bonds. The highest BCUT2D eigenvalue weighted by atomic mass is 16.5. The van der Waals surface area contributed by atoms with Gasteiger partial charge in [0.15, 0.2) is 0 Å². The van der Waals surface area contributed by atoms with Gasteiger partial charge in [0.05, 0.1) is 37.2 Å². The molecule has 5 N–H and O–H groups in total. The third kappa shape index (κ3) is 12.7. The summed E-state index contributed by atoms with van der Waals surface area (Å²) >= 11 is 0. The lowest BCUT2D eigenvalue weighted by Crippen LogP contribution is -2.59. The summed E-state index contributed by atoms with van der Waals surface area (Å²) in [6.45, 7) is 15.5. The van der Waals surface area contributed by atoms with E-state index >= 15 is 0 Å². The van der Waals surface area contributed by atoms with E-state index in [1.54, 1.807) is 35.8 Å². The molecule has 1 saturated heterocycles. The van der Waals surface area contributed by atoms with Gasteiger partial charge >= 0.3 is 12.1 Å². The van der Waals surface area contributed by atoms with E-state index < -0.39 is 58.7 Å². The van der Waals surface area contributed by atoms with Crippen LogP contribution >= 0.6 is 0 Å². The van der Waals surface area contributed by atoms with Crippen LogP contribution in [-0.4, -0.2) is 99.4 Å². The Labute approximate surface area is 337 Å². The Kier molecular flexibility index (Phi) is 14.9. The molecule has 13 nitrogen and oxygen atoms in total. The first-order chi connectivity index (χ1) is 26.7. The van der Waals surface area contributed by atoms with Gasteiger partial charge in [-0.2, -0.15) is 0 Å². The van der Waals surface area contributed by atoms with Crippen molar-refractivity contribution in [2.24, 2.45) is 10.8 Å². The third-order valence-corrected chi connectivity index (χ3v) is 10.2. The van der Waals surface area contributed by atoms with Crippen molar-refractivity contribution in [3.63, 3.8) is 0 Å². The fourth-order valence-corrected chi connectivity index (χ4v) is 7.19. The number of carbonyl (C=O) groups is 4. The zero-order chi connectivity index (χ0) is 42.1. The lowest BCUT2D eigenvalue weighted by Gasteiger charge is -2.38. The summed E-state index contributed by atoms with van der Waals surface area (Å²) in [4.78, 5) is 62.5. The number of aliphatic hydroxyl groups excluding tert-OH is 1. The first-order valence-corrected chi connectivity index (χ1v) is 19.6. The third-order valence-electron chi connectivity index (χ3n) is 10.2. The molecule has 2 aromatic carbocycles. The predicted octanol–water partition coefficient (Wildman–Crippen LogP) is 4.94. The van der Waals surface area contributed by atoms with Gasteiger partial charge in [-0.15, -0.1) is 0 Å². The smallest absolute Gasteiger partial charge is 0.407 e. The molecule has 0 radical (unpaired) electrons. The van der Waals surface area contributed by atoms with Gasteiger partial charge in [-0.25, -0.2) is 9.59 Å². The zero-order valence-corrected chi connectivity index (χ0v) is 34.9. The van der Waals surface area contributed by atoms with Crippen LogP contribution in [0.3, 0.4) is 0 Å². The van der Waals surface area contributed by atoms with Crippen molar-refractivity contribution >= 4 is 23.9 Å². The molecule has 4 rings (SSSR count). The minimum absolute atomic E-state index is 0.0726. The summed E-state index contributed by atoms with van der Waals surface area (Å²) < 4.78 is 4.80. The van der Waals surface area contributed by atoms with Crippen LogP contribution in [0.5, 0.6) is 0 Å². The van der Waals surface area contributed by atoms with Crippen molar-refractivity contribution in [3.8, 4) is 0 Å². The summed E-state index contributed by atoms with van der Waals surface area (Å²) in [5.74, 6) is -0.838. The van der Waals surface area contributed by atoms with Gasteiger partial charge in [-0.05, 0) is 67.2 Å². The molecule has 5 atom stereocenters. The normalized spacial score (nSPS) is 16.3. The number of hydrogen-bond acceptors (Lipinski definition) is 8. The quantitative estimate of drug-likeness (QED) is 0.136. The van der Waals surface area contributed by atoms with E-state index in [9.17, 15) is 29.4 Å². The number of carbonyl (C=O) groups excluding carboxylic acids is 4. The van der Waals surface area contributed by atoms with Crippen LogP contribution in [0.25, 0.3) is 0 Å². The average Bonchev–Trinajstić information content (AvgIpc) is 3.47. The number of rotatable bonds is 16. The minimum Gasteiger partial charge on any atom is -0.453 e. The number of alkyl carbamates (subject to hydrolysis) is 1. The SMILES string of the molecule is COC(=O)NC(C(=O)NC(Cc1ccccc1)C(O)CC(Cc1ccccc1)NC(=O)C(N1CCN(Cc2cccc(C(C)(C)O)n2)C1=O)C(C)(C)C)C(C)(C)C. The molecule has 1 aromatic heterocycles. The molecule has 0 bridgehead atoms. The van der Waals surface area contributed by atoms with Gasteiger partial charge in [0.25, 0.3) is 0 Å². The Morgan fingerprint density at radius 3 is 1.91 bits per heavy atom. The molecule has 0 saturated carbocycles. The minimum atomic E-state index is -1.14. The second-order valence-corrected chi connectivity index (χ2v) is 17.7. The summed E-state index contributed by atoms with van der Waals surface area (Å²) in [5, 5.41) is 31.4. The first-order valence-electron chi connectivity index (χ1n) is 19.6. The molecular weight excluding hydrogens is 725 g/mol. The maximum absolute atomic E-state index is 14.5. The summed E-state index contributed by atoms with van der Waals surface area (Å²) in [5.41, 5.74) is 0.454. The van der Waals surface area contributed by atoms with Crippen LogP contribution in [0.15, 0.2) is 78.9 Å². The Balaban J connectivity index is 1.60. The fraction of sp³-hybridized carbons (Fsp3) is 0.523. The van der Waals surface area contributed by atoms with Crippen LogP contribution in [0.4, 0.5) is 9.59 Å². The van der Waals surface area contributed by atoms with Crippen LogP contribution in [0.1, 0.15) is 84.3 Å². The standard InChI is InChI=1S/C44H62N6O7/c1-42(2,3)36(48-40(54)57-9)38(52)47-33(26-30-19-14-11-15-20-30)34(51)27-32(25-29-17-12-10-13-18-29)46-39(53)37(43(4,5)6)50-24-23-49(41(50)55)28-31-21-16-22-35(45-31)44(7,8)56/h10-22,32-34,36-37,51,56H,23-28H2,1-9H3,(H,46,53)(H,47,52)(H,48,54). The number of urea groups is 1. The van der Waals surface area contributed by atoms with E-state index in [1.165, 1.54) is 7.11 Å². The molecule has 57 heavy (non-hydrogen) atoms. The molecule has 3 aromatic rings. The van der Waals surface area contributed by atoms with E-state index in [1.807, 2.05) is 108 Å². The molecule has 1 fully saturated rings. The molecule has 1 aliphatic heterocycles. The molecule has 1 aliphatic rings. The van der Waals surface area contributed by atoms with Crippen molar-refractivity contribution in [1.82, 2.24) is 30.7 Å². The number of nitrogens with zero attached hydrogens (tertiary/aromatic N) is 3. The van der Waals surface area contributed by atoms with E-state index in [2.05, 4.69) is 20.9 Å². The van der Waals surface area contributed by atoms with Gasteiger partial charge in [0, 0.05) is 19.1 Å². The Morgan fingerprint density at radius 2 is 1.37 bits per heavy atom. The number of aromatic nitrogens is 1. The molecule has 0 aliphatic carbocycles. The largest absolute Gasteiger partial charge is 0.453 e. The maximum atomic E-state index is 14.5. The highest BCUT2D eigenvalue weighted by molar-refractivity contribution is 5.89. The zero-order valence-electron chi connectivity index (χ0n) is 34.9. The first kappa shape index (κ1) is 44.7. The number of methoxy groups -OCH3 is 1. The molecule has 2 heterocycles. The lowest BCUT2D eigenvalue weighted by molar-refractivity contribution is -0.130. The van der Waals surface area contributed by atoms with Crippen LogP contribution in [0.2, 0.25) is 0 Å². The van der Waals surface area contributed by atoms with Gasteiger partial charge in [-0.1, -0.05) is 108 Å². The van der Waals surface area contributed by atoms with Gasteiger partial charge < -0.3 is 40.7 Å². The van der Waals surface area contributed by atoms with Crippen molar-refractivity contribution in [2.45, 2.75) is 117 Å². The highest BCUT2D eigenvalue weighted by Crippen LogP contribution is 2.29. The van der Waals surface area contributed by atoms with E-state index in [0.717, 1.165) is 11.1 Å². The van der Waals surface area contributed by atoms with Crippen molar-refractivity contribution in [3.05, 3.63) is 101 Å². The predicted molar refractivity (Wildman–Crippen MR) is 219 cm³/mol. The Hall–Kier alpha value is -5.01. The number of ether oxygens (including phenoxy) is 1. The van der Waals surface area contributed by atoms with Gasteiger partial charge in [-0.3, -0.25) is 14.6 Å². The maximum Gasteiger partial charge on any atom is 0.407 e. The van der Waals surface area contributed by atoms with Crippen LogP contribution < -0.4 is 16.0 Å². The monoisotopic (exact) mass is 786 g/mol. The molecule has 13 heteroatoms. The number of hydrogen-bond donors (Lipinski definition) is 5. The van der Waals surface area contributed by atoms with E-state index in [0.29, 0.717) is 30.9 Å². The molecule has 310 valence electrons. The number of benzene rings is 2. The van der Waals surface area contributed by atoms with Gasteiger partial charge in [0.2, 0.25) is 11.8 Å². The second kappa shape index (κ2) is 19.0. The average molecular weight is 787 g/mol. The summed E-state index contributed by atoms with van der Waals surface area (Å²) in [6, 6.07) is 20.9. The molecule has 0 spiro atoms. The van der Waals surface area contributed by atoms with E-state index in [4.69, 9.17) is 4.74 Å². The lowest BCUT2D eigenvalue weighted by atomic mass is 9.84. The number of aliphatic hydroxyl groups is 2. The highest BCUT2D eigenvalue weighted by Gasteiger charge is 2.44. The van der Waals surface area contributed by atoms with Crippen molar-refractivity contribution in [1.29, 1.82) is 0 Å². The summed E-state index contributed by atoms with van der Waals surface area (Å²) in [6.07, 6.45) is -1.15. The molecular formula is C44H62N6O7. The Bertz CT molecular complexity index is 1800. The van der Waals surface area contributed by atoms with E-state index in [-0.39, 0.29) is 31.3 Å². The molecule has 5 unspecified atom stereocenters. The van der Waals surface area contributed by atoms with Crippen LogP contribution in [-0.2, 0) is 39.3 Å². The summed E-state index contributed by atoms with van der Waals surface area (Å²) in [7, 11) is 1.23. The fourth-order valence-electron chi connectivity index (χ4n) is 7.19. The number of pyridine rings is 1.